The summed E-state index contributed by atoms with van der Waals surface area (Å²) in [6.45, 7) is 2.90. The summed E-state index contributed by atoms with van der Waals surface area (Å²) in [5.74, 6) is 1.20. The maximum atomic E-state index is 6.05. The molecule has 0 radical (unpaired) electrons. The Morgan fingerprint density at radius 1 is 1.11 bits per heavy atom. The quantitative estimate of drug-likeness (QED) is 0.431. The lowest BCUT2D eigenvalue weighted by Crippen LogP contribution is -2.32. The largest absolute Gasteiger partial charge is 0.440 e. The van der Waals surface area contributed by atoms with E-state index in [0.717, 1.165) is 65.3 Å². The number of rotatable bonds is 3. The van der Waals surface area contributed by atoms with Crippen molar-refractivity contribution < 1.29 is 4.42 Å². The number of piperidine rings is 1. The van der Waals surface area contributed by atoms with Crippen LogP contribution in [0.4, 0.5) is 0 Å². The number of hydrogen-bond donors (Lipinski definition) is 0. The minimum absolute atomic E-state index is 0.365. The fourth-order valence-corrected chi connectivity index (χ4v) is 4.27. The molecule has 1 aliphatic rings. The number of hydrogen-bond acceptors (Lipinski definition) is 4. The summed E-state index contributed by atoms with van der Waals surface area (Å²) in [5.41, 5.74) is 3.74. The van der Waals surface area contributed by atoms with Crippen molar-refractivity contribution in [3.63, 3.8) is 0 Å². The Morgan fingerprint density at radius 3 is 2.81 bits per heavy atom. The molecule has 27 heavy (non-hydrogen) atoms. The van der Waals surface area contributed by atoms with Crippen molar-refractivity contribution in [3.8, 4) is 0 Å². The molecule has 7 heteroatoms. The van der Waals surface area contributed by atoms with Gasteiger partial charge >= 0.3 is 0 Å². The summed E-state index contributed by atoms with van der Waals surface area (Å²) in [5, 5.41) is 0.691. The maximum absolute atomic E-state index is 6.05. The third kappa shape index (κ3) is 3.49. The van der Waals surface area contributed by atoms with Gasteiger partial charge in [-0.15, -0.1) is 0 Å². The van der Waals surface area contributed by atoms with Crippen LogP contribution in [0.2, 0.25) is 5.02 Å². The molecule has 1 saturated heterocycles. The van der Waals surface area contributed by atoms with Crippen molar-refractivity contribution in [3.05, 3.63) is 63.8 Å². The fourth-order valence-electron chi connectivity index (χ4n) is 3.75. The molecular weight excluding hydrogens is 428 g/mol. The molecule has 1 fully saturated rings. The molecule has 0 bridgehead atoms. The van der Waals surface area contributed by atoms with E-state index in [1.807, 2.05) is 36.5 Å². The highest BCUT2D eigenvalue weighted by Crippen LogP contribution is 2.31. The van der Waals surface area contributed by atoms with Crippen LogP contribution in [-0.4, -0.2) is 32.4 Å². The van der Waals surface area contributed by atoms with E-state index < -0.39 is 0 Å². The Balaban J connectivity index is 1.26. The zero-order chi connectivity index (χ0) is 18.4. The topological polar surface area (TPSA) is 46.6 Å². The molecule has 0 atom stereocenters. The summed E-state index contributed by atoms with van der Waals surface area (Å²) in [6.07, 6.45) is 6.23. The van der Waals surface area contributed by atoms with Crippen LogP contribution in [0.3, 0.4) is 0 Å². The minimum Gasteiger partial charge on any atom is -0.440 e. The van der Waals surface area contributed by atoms with Gasteiger partial charge in [-0.1, -0.05) is 11.6 Å². The SMILES string of the molecule is Clc1ccc2oc(C3CCN(Cc4cn5cc(Br)ccc5n4)CC3)nc2c1. The van der Waals surface area contributed by atoms with E-state index >= 15 is 0 Å². The standard InChI is InChI=1S/C20H18BrClN4O/c21-14-1-4-19-23-16(12-26(19)10-14)11-25-7-5-13(6-8-25)20-24-17-9-15(22)2-3-18(17)27-20/h1-4,9-10,12-13H,5-8,11H2. The van der Waals surface area contributed by atoms with Crippen molar-refractivity contribution in [1.29, 1.82) is 0 Å². The summed E-state index contributed by atoms with van der Waals surface area (Å²) >= 11 is 9.55. The van der Waals surface area contributed by atoms with Gasteiger partial charge in [0, 0.05) is 34.4 Å². The first-order valence-electron chi connectivity index (χ1n) is 9.05. The molecule has 0 amide bonds. The Kier molecular flexibility index (Phi) is 4.42. The first kappa shape index (κ1) is 17.2. The Hall–Kier alpha value is -1.89. The molecule has 138 valence electrons. The zero-order valence-electron chi connectivity index (χ0n) is 14.6. The number of fused-ring (bicyclic) bond motifs is 2. The molecular formula is C20H18BrClN4O. The summed E-state index contributed by atoms with van der Waals surface area (Å²) < 4.78 is 9.08. The number of aromatic nitrogens is 3. The van der Waals surface area contributed by atoms with Crippen LogP contribution in [0, 0.1) is 0 Å². The number of imidazole rings is 1. The number of benzene rings is 1. The van der Waals surface area contributed by atoms with Gasteiger partial charge in [-0.2, -0.15) is 0 Å². The third-order valence-electron chi connectivity index (χ3n) is 5.15. The van der Waals surface area contributed by atoms with Gasteiger partial charge in [0.2, 0.25) is 0 Å². The zero-order valence-corrected chi connectivity index (χ0v) is 16.9. The summed E-state index contributed by atoms with van der Waals surface area (Å²) in [7, 11) is 0. The van der Waals surface area contributed by atoms with E-state index in [2.05, 4.69) is 36.4 Å². The number of pyridine rings is 1. The van der Waals surface area contributed by atoms with Gasteiger partial charge in [-0.3, -0.25) is 4.90 Å². The minimum atomic E-state index is 0.365. The van der Waals surface area contributed by atoms with Crippen LogP contribution in [0.15, 0.2) is 51.6 Å². The van der Waals surface area contributed by atoms with Crippen molar-refractivity contribution in [2.24, 2.45) is 0 Å². The maximum Gasteiger partial charge on any atom is 0.198 e. The molecule has 0 saturated carbocycles. The number of oxazole rings is 1. The molecule has 1 aliphatic heterocycles. The van der Waals surface area contributed by atoms with Crippen LogP contribution in [-0.2, 0) is 6.54 Å². The molecule has 4 heterocycles. The normalized spacial score (nSPS) is 16.5. The van der Waals surface area contributed by atoms with Crippen LogP contribution in [0.5, 0.6) is 0 Å². The van der Waals surface area contributed by atoms with Gasteiger partial charge in [0.25, 0.3) is 0 Å². The number of nitrogens with zero attached hydrogens (tertiary/aromatic N) is 4. The highest BCUT2D eigenvalue weighted by Gasteiger charge is 2.25. The highest BCUT2D eigenvalue weighted by molar-refractivity contribution is 9.10. The molecule has 0 unspecified atom stereocenters. The molecule has 1 aromatic carbocycles. The summed E-state index contributed by atoms with van der Waals surface area (Å²) in [6, 6.07) is 9.64. The van der Waals surface area contributed by atoms with E-state index in [1.165, 1.54) is 0 Å². The van der Waals surface area contributed by atoms with Crippen LogP contribution in [0.1, 0.15) is 30.3 Å². The summed E-state index contributed by atoms with van der Waals surface area (Å²) in [4.78, 5) is 11.8. The lowest BCUT2D eigenvalue weighted by Gasteiger charge is -2.29. The van der Waals surface area contributed by atoms with Crippen molar-refractivity contribution >= 4 is 44.3 Å². The second kappa shape index (κ2) is 6.93. The lowest BCUT2D eigenvalue weighted by atomic mass is 9.97. The lowest BCUT2D eigenvalue weighted by molar-refractivity contribution is 0.192. The second-order valence-corrected chi connectivity index (χ2v) is 8.41. The molecule has 4 aromatic rings. The molecule has 0 spiro atoms. The predicted octanol–water partition coefficient (Wildman–Crippen LogP) is 5.27. The van der Waals surface area contributed by atoms with Crippen LogP contribution >= 0.6 is 27.5 Å². The van der Waals surface area contributed by atoms with Crippen molar-refractivity contribution in [2.75, 3.05) is 13.1 Å². The first-order valence-corrected chi connectivity index (χ1v) is 10.2. The Bertz CT molecular complexity index is 1110. The molecule has 5 rings (SSSR count). The van der Waals surface area contributed by atoms with E-state index in [0.29, 0.717) is 10.9 Å². The average molecular weight is 446 g/mol. The van der Waals surface area contributed by atoms with E-state index in [-0.39, 0.29) is 0 Å². The Morgan fingerprint density at radius 2 is 1.96 bits per heavy atom. The predicted molar refractivity (Wildman–Crippen MR) is 109 cm³/mol. The number of halogens is 2. The van der Waals surface area contributed by atoms with Crippen molar-refractivity contribution in [2.45, 2.75) is 25.3 Å². The Labute approximate surface area is 170 Å². The van der Waals surface area contributed by atoms with E-state index in [1.54, 1.807) is 0 Å². The van der Waals surface area contributed by atoms with Gasteiger partial charge in [0.1, 0.15) is 11.2 Å². The van der Waals surface area contributed by atoms with Gasteiger partial charge in [0.15, 0.2) is 11.5 Å². The average Bonchev–Trinajstić information content (AvgIpc) is 3.25. The molecule has 3 aromatic heterocycles. The molecule has 0 N–H and O–H groups in total. The number of likely N-dealkylation sites (tertiary alicyclic amines) is 1. The second-order valence-electron chi connectivity index (χ2n) is 7.06. The fraction of sp³-hybridized carbons (Fsp3) is 0.300. The third-order valence-corrected chi connectivity index (χ3v) is 5.86. The van der Waals surface area contributed by atoms with Gasteiger partial charge in [-0.05, 0) is 72.2 Å². The monoisotopic (exact) mass is 444 g/mol. The van der Waals surface area contributed by atoms with Crippen molar-refractivity contribution in [1.82, 2.24) is 19.3 Å². The first-order chi connectivity index (χ1) is 13.1. The van der Waals surface area contributed by atoms with Crippen LogP contribution in [0.25, 0.3) is 16.7 Å². The highest BCUT2D eigenvalue weighted by atomic mass is 79.9. The smallest absolute Gasteiger partial charge is 0.198 e. The van der Waals surface area contributed by atoms with Gasteiger partial charge in [-0.25, -0.2) is 9.97 Å². The van der Waals surface area contributed by atoms with E-state index in [4.69, 9.17) is 21.0 Å². The van der Waals surface area contributed by atoms with Gasteiger partial charge in [0.05, 0.1) is 5.69 Å². The van der Waals surface area contributed by atoms with Crippen LogP contribution < -0.4 is 0 Å². The molecule has 5 nitrogen and oxygen atoms in total. The van der Waals surface area contributed by atoms with Gasteiger partial charge < -0.3 is 8.82 Å². The van der Waals surface area contributed by atoms with E-state index in [9.17, 15) is 0 Å². The molecule has 0 aliphatic carbocycles.